The summed E-state index contributed by atoms with van der Waals surface area (Å²) in [6.45, 7) is 2.16. The van der Waals surface area contributed by atoms with Crippen LogP contribution in [0.5, 0.6) is 11.5 Å². The summed E-state index contributed by atoms with van der Waals surface area (Å²) < 4.78 is 10.6. The van der Waals surface area contributed by atoms with E-state index in [9.17, 15) is 5.11 Å². The first-order valence-electron chi connectivity index (χ1n) is 6.36. The van der Waals surface area contributed by atoms with Gasteiger partial charge in [-0.25, -0.2) is 0 Å². The van der Waals surface area contributed by atoms with E-state index in [1.54, 1.807) is 14.2 Å². The van der Waals surface area contributed by atoms with Crippen molar-refractivity contribution in [1.82, 2.24) is 0 Å². The molecule has 0 aliphatic carbocycles. The predicted octanol–water partition coefficient (Wildman–Crippen LogP) is 1.91. The number of piperidine rings is 1. The number of hydrogen-bond donors (Lipinski definition) is 1. The van der Waals surface area contributed by atoms with Gasteiger partial charge in [-0.05, 0) is 30.9 Å². The van der Waals surface area contributed by atoms with Crippen molar-refractivity contribution in [3.05, 3.63) is 18.2 Å². The highest BCUT2D eigenvalue weighted by Crippen LogP contribution is 2.34. The van der Waals surface area contributed by atoms with Crippen LogP contribution in [-0.2, 0) is 0 Å². The Morgan fingerprint density at radius 2 is 2.17 bits per heavy atom. The van der Waals surface area contributed by atoms with Crippen LogP contribution in [0, 0.1) is 5.92 Å². The van der Waals surface area contributed by atoms with Crippen LogP contribution in [0.25, 0.3) is 0 Å². The van der Waals surface area contributed by atoms with Crippen molar-refractivity contribution in [1.29, 1.82) is 0 Å². The molecule has 1 aromatic rings. The normalized spacial score (nSPS) is 19.7. The molecule has 100 valence electrons. The lowest BCUT2D eigenvalue weighted by Crippen LogP contribution is -2.36. The van der Waals surface area contributed by atoms with Crippen LogP contribution in [0.15, 0.2) is 18.2 Å². The van der Waals surface area contributed by atoms with E-state index in [1.165, 1.54) is 0 Å². The van der Waals surface area contributed by atoms with Gasteiger partial charge >= 0.3 is 0 Å². The van der Waals surface area contributed by atoms with Gasteiger partial charge in [-0.2, -0.15) is 0 Å². The fourth-order valence-corrected chi connectivity index (χ4v) is 2.48. The molecule has 18 heavy (non-hydrogen) atoms. The molecule has 0 aromatic heterocycles. The summed E-state index contributed by atoms with van der Waals surface area (Å²) in [4.78, 5) is 2.28. The Bertz CT molecular complexity index is 395. The number of benzene rings is 1. The van der Waals surface area contributed by atoms with Crippen molar-refractivity contribution in [2.45, 2.75) is 12.8 Å². The van der Waals surface area contributed by atoms with E-state index in [1.807, 2.05) is 18.2 Å². The minimum atomic E-state index is 0.259. The smallest absolute Gasteiger partial charge is 0.145 e. The molecule has 1 N–H and O–H groups in total. The van der Waals surface area contributed by atoms with Gasteiger partial charge in [0.05, 0.1) is 19.9 Å². The maximum atomic E-state index is 9.29. The van der Waals surface area contributed by atoms with Crippen molar-refractivity contribution in [3.8, 4) is 11.5 Å². The highest BCUT2D eigenvalue weighted by molar-refractivity contribution is 5.61. The molecule has 1 aliphatic heterocycles. The van der Waals surface area contributed by atoms with E-state index in [-0.39, 0.29) is 6.61 Å². The Labute approximate surface area is 108 Å². The molecule has 1 aliphatic rings. The summed E-state index contributed by atoms with van der Waals surface area (Å²) in [6.07, 6.45) is 2.21. The van der Waals surface area contributed by atoms with Gasteiger partial charge in [0, 0.05) is 25.8 Å². The van der Waals surface area contributed by atoms with Crippen LogP contribution >= 0.6 is 0 Å². The molecule has 0 radical (unpaired) electrons. The van der Waals surface area contributed by atoms with Gasteiger partial charge in [0.2, 0.25) is 0 Å². The van der Waals surface area contributed by atoms with Crippen LogP contribution in [0.2, 0.25) is 0 Å². The third-order valence-electron chi connectivity index (χ3n) is 3.50. The zero-order valence-corrected chi connectivity index (χ0v) is 11.1. The second-order valence-electron chi connectivity index (χ2n) is 4.67. The minimum absolute atomic E-state index is 0.259. The monoisotopic (exact) mass is 251 g/mol. The number of rotatable bonds is 4. The van der Waals surface area contributed by atoms with Crippen LogP contribution in [0.4, 0.5) is 5.69 Å². The van der Waals surface area contributed by atoms with Crippen molar-refractivity contribution in [3.63, 3.8) is 0 Å². The lowest BCUT2D eigenvalue weighted by atomic mass is 9.98. The van der Waals surface area contributed by atoms with Gasteiger partial charge in [-0.15, -0.1) is 0 Å². The lowest BCUT2D eigenvalue weighted by molar-refractivity contribution is 0.208. The zero-order chi connectivity index (χ0) is 13.0. The quantitative estimate of drug-likeness (QED) is 0.887. The van der Waals surface area contributed by atoms with Crippen LogP contribution in [0.3, 0.4) is 0 Å². The SMILES string of the molecule is COc1ccc(N2CCCC(CO)C2)c(OC)c1. The first kappa shape index (κ1) is 13.0. The summed E-state index contributed by atoms with van der Waals surface area (Å²) in [5.74, 6) is 1.99. The zero-order valence-electron chi connectivity index (χ0n) is 11.1. The van der Waals surface area contributed by atoms with Crippen molar-refractivity contribution >= 4 is 5.69 Å². The highest BCUT2D eigenvalue weighted by atomic mass is 16.5. The van der Waals surface area contributed by atoms with E-state index in [4.69, 9.17) is 9.47 Å². The van der Waals surface area contributed by atoms with Gasteiger partial charge in [-0.1, -0.05) is 0 Å². The Kier molecular flexibility index (Phi) is 4.31. The van der Waals surface area contributed by atoms with Gasteiger partial charge in [0.15, 0.2) is 0 Å². The Hall–Kier alpha value is -1.42. The average Bonchev–Trinajstić information content (AvgIpc) is 2.46. The topological polar surface area (TPSA) is 41.9 Å². The molecule has 1 aromatic carbocycles. The molecule has 2 rings (SSSR count). The average molecular weight is 251 g/mol. The minimum Gasteiger partial charge on any atom is -0.497 e. The molecule has 1 atom stereocenters. The maximum Gasteiger partial charge on any atom is 0.145 e. The van der Waals surface area contributed by atoms with Gasteiger partial charge in [0.1, 0.15) is 11.5 Å². The molecule has 1 fully saturated rings. The third-order valence-corrected chi connectivity index (χ3v) is 3.50. The highest BCUT2D eigenvalue weighted by Gasteiger charge is 2.21. The molecule has 1 unspecified atom stereocenters. The summed E-state index contributed by atoms with van der Waals surface area (Å²) in [6, 6.07) is 5.87. The summed E-state index contributed by atoms with van der Waals surface area (Å²) in [7, 11) is 3.32. The van der Waals surface area contributed by atoms with Crippen LogP contribution < -0.4 is 14.4 Å². The maximum absolute atomic E-state index is 9.29. The molecule has 0 spiro atoms. The van der Waals surface area contributed by atoms with Crippen LogP contribution in [-0.4, -0.2) is 39.0 Å². The second-order valence-corrected chi connectivity index (χ2v) is 4.67. The molecule has 0 amide bonds. The fraction of sp³-hybridized carbons (Fsp3) is 0.571. The Morgan fingerprint density at radius 1 is 1.33 bits per heavy atom. The fourth-order valence-electron chi connectivity index (χ4n) is 2.48. The molecule has 1 heterocycles. The second kappa shape index (κ2) is 5.96. The molecule has 1 saturated heterocycles. The van der Waals surface area contributed by atoms with E-state index < -0.39 is 0 Å². The van der Waals surface area contributed by atoms with Gasteiger partial charge < -0.3 is 19.5 Å². The number of hydrogen-bond acceptors (Lipinski definition) is 4. The van der Waals surface area contributed by atoms with Gasteiger partial charge in [-0.3, -0.25) is 0 Å². The molecule has 0 bridgehead atoms. The molecule has 0 saturated carbocycles. The van der Waals surface area contributed by atoms with Crippen LogP contribution in [0.1, 0.15) is 12.8 Å². The Balaban J connectivity index is 2.21. The number of aliphatic hydroxyl groups is 1. The van der Waals surface area contributed by atoms with E-state index >= 15 is 0 Å². The van der Waals surface area contributed by atoms with Crippen molar-refractivity contribution in [2.75, 3.05) is 38.8 Å². The predicted molar refractivity (Wildman–Crippen MR) is 71.6 cm³/mol. The Morgan fingerprint density at radius 3 is 2.83 bits per heavy atom. The van der Waals surface area contributed by atoms with E-state index in [2.05, 4.69) is 4.90 Å². The van der Waals surface area contributed by atoms with Gasteiger partial charge in [0.25, 0.3) is 0 Å². The summed E-state index contributed by atoms with van der Waals surface area (Å²) >= 11 is 0. The summed E-state index contributed by atoms with van der Waals surface area (Å²) in [5, 5.41) is 9.29. The number of ether oxygens (including phenoxy) is 2. The molecular formula is C14H21NO3. The van der Waals surface area contributed by atoms with E-state index in [0.717, 1.165) is 43.1 Å². The molecule has 4 nitrogen and oxygen atoms in total. The number of nitrogens with zero attached hydrogens (tertiary/aromatic N) is 1. The summed E-state index contributed by atoms with van der Waals surface area (Å²) in [5.41, 5.74) is 1.08. The van der Waals surface area contributed by atoms with Crippen molar-refractivity contribution < 1.29 is 14.6 Å². The number of anilines is 1. The standard InChI is InChI=1S/C14H21NO3/c1-17-12-5-6-13(14(8-12)18-2)15-7-3-4-11(9-15)10-16/h5-6,8,11,16H,3-4,7,9-10H2,1-2H3. The lowest BCUT2D eigenvalue weighted by Gasteiger charge is -2.34. The number of aliphatic hydroxyl groups excluding tert-OH is 1. The first-order chi connectivity index (χ1) is 8.78. The third kappa shape index (κ3) is 2.70. The number of methoxy groups -OCH3 is 2. The van der Waals surface area contributed by atoms with E-state index in [0.29, 0.717) is 5.92 Å². The van der Waals surface area contributed by atoms with Crippen molar-refractivity contribution in [2.24, 2.45) is 5.92 Å². The molecule has 4 heteroatoms. The first-order valence-corrected chi connectivity index (χ1v) is 6.36. The largest absolute Gasteiger partial charge is 0.497 e. The molecular weight excluding hydrogens is 230 g/mol.